The first-order valence-electron chi connectivity index (χ1n) is 6.84. The van der Waals surface area contributed by atoms with Crippen LogP contribution >= 0.6 is 23.2 Å². The molecule has 4 aliphatic rings. The molecule has 4 rings (SSSR count). The van der Waals surface area contributed by atoms with Crippen LogP contribution in [0.5, 0.6) is 0 Å². The van der Waals surface area contributed by atoms with Gasteiger partial charge >= 0.3 is 0 Å². The molecule has 4 aliphatic carbocycles. The number of nitrogens with one attached hydrogen (secondary N) is 1. The summed E-state index contributed by atoms with van der Waals surface area (Å²) in [4.78, 5) is 10.9. The fourth-order valence-electron chi connectivity index (χ4n) is 5.90. The normalized spacial score (nSPS) is 49.7. The molecule has 18 heavy (non-hydrogen) atoms. The molecule has 102 valence electrons. The molecule has 1 N–H and O–H groups in total. The molecule has 0 saturated heterocycles. The van der Waals surface area contributed by atoms with Crippen LogP contribution in [0.1, 0.15) is 52.4 Å². The van der Waals surface area contributed by atoms with Gasteiger partial charge in [0, 0.05) is 5.54 Å². The van der Waals surface area contributed by atoms with Gasteiger partial charge in [-0.3, -0.25) is 4.79 Å². The highest BCUT2D eigenvalue weighted by Crippen LogP contribution is 2.66. The quantitative estimate of drug-likeness (QED) is 0.773. The van der Waals surface area contributed by atoms with Crippen LogP contribution in [0, 0.1) is 16.7 Å². The average Bonchev–Trinajstić information content (AvgIpc) is 2.09. The maximum Gasteiger partial charge on any atom is 0.253 e. The van der Waals surface area contributed by atoms with Gasteiger partial charge in [-0.15, -0.1) is 0 Å². The lowest BCUT2D eigenvalue weighted by molar-refractivity contribution is -0.138. The van der Waals surface area contributed by atoms with Crippen LogP contribution in [0.4, 0.5) is 0 Å². The van der Waals surface area contributed by atoms with Gasteiger partial charge < -0.3 is 5.32 Å². The standard InChI is InChI=1S/C14H21Cl2NO/c1-12-3-9-4-13(2,6-12)8-14(5-9,7-12)17-11(18)10(15)16/h9-10H,3-8H2,1-2H3,(H,17,18). The van der Waals surface area contributed by atoms with Crippen molar-refractivity contribution in [3.8, 4) is 0 Å². The number of alkyl halides is 2. The molecule has 2 unspecified atom stereocenters. The highest BCUT2D eigenvalue weighted by atomic mass is 35.5. The molecule has 2 nitrogen and oxygen atoms in total. The van der Waals surface area contributed by atoms with Gasteiger partial charge in [-0.2, -0.15) is 0 Å². The Bertz CT molecular complexity index is 377. The number of rotatable bonds is 2. The van der Waals surface area contributed by atoms with Gasteiger partial charge in [0.25, 0.3) is 5.91 Å². The molecule has 2 atom stereocenters. The summed E-state index contributed by atoms with van der Waals surface area (Å²) >= 11 is 11.4. The molecule has 0 aromatic heterocycles. The van der Waals surface area contributed by atoms with Crippen molar-refractivity contribution in [2.24, 2.45) is 16.7 Å². The highest BCUT2D eigenvalue weighted by molar-refractivity contribution is 6.53. The SMILES string of the molecule is CC12CC3CC(C)(C1)CC(NC(=O)C(Cl)Cl)(C3)C2. The number of carbonyl (C=O) groups excluding carboxylic acids is 1. The second kappa shape index (κ2) is 3.79. The Balaban J connectivity index is 1.87. The second-order valence-corrected chi connectivity index (χ2v) is 8.80. The van der Waals surface area contributed by atoms with Crippen LogP contribution in [0.2, 0.25) is 0 Å². The number of carbonyl (C=O) groups is 1. The van der Waals surface area contributed by atoms with Crippen LogP contribution in [-0.4, -0.2) is 16.3 Å². The van der Waals surface area contributed by atoms with Crippen molar-refractivity contribution in [2.45, 2.75) is 62.7 Å². The summed E-state index contributed by atoms with van der Waals surface area (Å²) in [6.07, 6.45) is 7.26. The fraction of sp³-hybridized carbons (Fsp3) is 0.929. The van der Waals surface area contributed by atoms with Crippen molar-refractivity contribution in [3.05, 3.63) is 0 Å². The van der Waals surface area contributed by atoms with E-state index in [-0.39, 0.29) is 11.4 Å². The van der Waals surface area contributed by atoms with E-state index in [9.17, 15) is 4.79 Å². The van der Waals surface area contributed by atoms with Gasteiger partial charge in [-0.1, -0.05) is 37.0 Å². The zero-order chi connectivity index (χ0) is 13.2. The summed E-state index contributed by atoms with van der Waals surface area (Å²) in [6, 6.07) is 0. The number of hydrogen-bond acceptors (Lipinski definition) is 1. The molecule has 0 heterocycles. The van der Waals surface area contributed by atoms with Crippen LogP contribution in [0.25, 0.3) is 0 Å². The van der Waals surface area contributed by atoms with Crippen LogP contribution < -0.4 is 5.32 Å². The van der Waals surface area contributed by atoms with Gasteiger partial charge in [-0.25, -0.2) is 0 Å². The minimum atomic E-state index is -0.946. The van der Waals surface area contributed by atoms with E-state index in [2.05, 4.69) is 19.2 Å². The number of amides is 1. The third-order valence-corrected chi connectivity index (χ3v) is 5.61. The van der Waals surface area contributed by atoms with E-state index in [1.807, 2.05) is 0 Å². The first-order chi connectivity index (χ1) is 8.23. The number of hydrogen-bond donors (Lipinski definition) is 1. The van der Waals surface area contributed by atoms with Crippen molar-refractivity contribution in [1.29, 1.82) is 0 Å². The minimum absolute atomic E-state index is 0.0397. The highest BCUT2D eigenvalue weighted by Gasteiger charge is 2.60. The Morgan fingerprint density at radius 2 is 1.67 bits per heavy atom. The van der Waals surface area contributed by atoms with E-state index >= 15 is 0 Å². The van der Waals surface area contributed by atoms with E-state index in [1.54, 1.807) is 0 Å². The van der Waals surface area contributed by atoms with Gasteiger partial charge in [0.1, 0.15) is 0 Å². The zero-order valence-electron chi connectivity index (χ0n) is 11.1. The van der Waals surface area contributed by atoms with E-state index in [0.717, 1.165) is 25.2 Å². The van der Waals surface area contributed by atoms with Gasteiger partial charge in [0.15, 0.2) is 4.84 Å². The summed E-state index contributed by atoms with van der Waals surface area (Å²) in [5, 5.41) is 3.17. The van der Waals surface area contributed by atoms with Gasteiger partial charge in [0.2, 0.25) is 0 Å². The molecule has 0 radical (unpaired) electrons. The Labute approximate surface area is 119 Å². The molecule has 4 fully saturated rings. The maximum absolute atomic E-state index is 11.9. The Hall–Kier alpha value is 0.0500. The van der Waals surface area contributed by atoms with Crippen molar-refractivity contribution in [1.82, 2.24) is 5.32 Å². The summed E-state index contributed by atoms with van der Waals surface area (Å²) in [5.41, 5.74) is 0.757. The lowest BCUT2D eigenvalue weighted by Crippen LogP contribution is -2.65. The first kappa shape index (κ1) is 13.1. The molecule has 0 aromatic rings. The van der Waals surface area contributed by atoms with Crippen molar-refractivity contribution in [3.63, 3.8) is 0 Å². The summed E-state index contributed by atoms with van der Waals surface area (Å²) < 4.78 is 0. The molecule has 1 amide bonds. The van der Waals surface area contributed by atoms with Crippen molar-refractivity contribution in [2.75, 3.05) is 0 Å². The molecule has 0 aromatic carbocycles. The zero-order valence-corrected chi connectivity index (χ0v) is 12.6. The van der Waals surface area contributed by atoms with Crippen molar-refractivity contribution >= 4 is 29.1 Å². The summed E-state index contributed by atoms with van der Waals surface area (Å²) in [6.45, 7) is 4.77. The van der Waals surface area contributed by atoms with Crippen LogP contribution in [-0.2, 0) is 4.79 Å². The molecular formula is C14H21Cl2NO. The first-order valence-corrected chi connectivity index (χ1v) is 7.71. The summed E-state index contributed by atoms with van der Waals surface area (Å²) in [7, 11) is 0. The van der Waals surface area contributed by atoms with Gasteiger partial charge in [-0.05, 0) is 55.3 Å². The monoisotopic (exact) mass is 289 g/mol. The van der Waals surface area contributed by atoms with E-state index in [1.165, 1.54) is 19.3 Å². The van der Waals surface area contributed by atoms with Gasteiger partial charge in [0.05, 0.1) is 0 Å². The lowest BCUT2D eigenvalue weighted by Gasteiger charge is -2.65. The Morgan fingerprint density at radius 1 is 1.11 bits per heavy atom. The van der Waals surface area contributed by atoms with E-state index in [0.29, 0.717) is 10.8 Å². The number of halogens is 2. The smallest absolute Gasteiger partial charge is 0.253 e. The third-order valence-electron chi connectivity index (χ3n) is 5.21. The summed E-state index contributed by atoms with van der Waals surface area (Å²) in [5.74, 6) is 0.549. The second-order valence-electron chi connectivity index (χ2n) is 7.70. The lowest BCUT2D eigenvalue weighted by atomic mass is 9.43. The van der Waals surface area contributed by atoms with Crippen LogP contribution in [0.15, 0.2) is 0 Å². The topological polar surface area (TPSA) is 29.1 Å². The van der Waals surface area contributed by atoms with E-state index < -0.39 is 4.84 Å². The third kappa shape index (κ3) is 2.06. The molecule has 0 spiro atoms. The molecule has 4 saturated carbocycles. The average molecular weight is 290 g/mol. The molecule has 4 bridgehead atoms. The van der Waals surface area contributed by atoms with E-state index in [4.69, 9.17) is 23.2 Å². The molecule has 4 heteroatoms. The maximum atomic E-state index is 11.9. The molecular weight excluding hydrogens is 269 g/mol. The minimum Gasteiger partial charge on any atom is -0.348 e. The predicted molar refractivity (Wildman–Crippen MR) is 73.8 cm³/mol. The van der Waals surface area contributed by atoms with Crippen molar-refractivity contribution < 1.29 is 4.79 Å². The Kier molecular flexibility index (Phi) is 2.75. The Morgan fingerprint density at radius 3 is 2.11 bits per heavy atom. The predicted octanol–water partition coefficient (Wildman–Crippen LogP) is 3.66. The molecule has 0 aliphatic heterocycles. The largest absolute Gasteiger partial charge is 0.348 e. The van der Waals surface area contributed by atoms with Crippen LogP contribution in [0.3, 0.4) is 0 Å². The fourth-order valence-corrected chi connectivity index (χ4v) is 6.01.